The van der Waals surface area contributed by atoms with Gasteiger partial charge in [0.1, 0.15) is 0 Å². The summed E-state index contributed by atoms with van der Waals surface area (Å²) < 4.78 is 0. The summed E-state index contributed by atoms with van der Waals surface area (Å²) in [7, 11) is 0. The van der Waals surface area contributed by atoms with Gasteiger partial charge in [-0.3, -0.25) is 4.79 Å². The zero-order valence-electron chi connectivity index (χ0n) is 10.5. The van der Waals surface area contributed by atoms with Crippen molar-refractivity contribution >= 4 is 11.5 Å². The fourth-order valence-corrected chi connectivity index (χ4v) is 1.81. The van der Waals surface area contributed by atoms with Crippen molar-refractivity contribution < 1.29 is 4.79 Å². The van der Waals surface area contributed by atoms with Crippen LogP contribution in [-0.4, -0.2) is 5.78 Å². The molecule has 0 heterocycles. The summed E-state index contributed by atoms with van der Waals surface area (Å²) in [5, 5.41) is 3.33. The van der Waals surface area contributed by atoms with Crippen molar-refractivity contribution in [2.45, 2.75) is 19.9 Å². The van der Waals surface area contributed by atoms with Crippen molar-refractivity contribution in [2.75, 3.05) is 5.32 Å². The highest BCUT2D eigenvalue weighted by Gasteiger charge is 2.03. The molecule has 18 heavy (non-hydrogen) atoms. The summed E-state index contributed by atoms with van der Waals surface area (Å²) in [4.78, 5) is 11.6. The fraction of sp³-hybridized carbons (Fsp3) is 0.188. The molecule has 2 aromatic carbocycles. The van der Waals surface area contributed by atoms with Gasteiger partial charge in [0.2, 0.25) is 0 Å². The van der Waals surface area contributed by atoms with E-state index in [1.54, 1.807) is 0 Å². The van der Waals surface area contributed by atoms with Gasteiger partial charge in [0.15, 0.2) is 5.78 Å². The lowest BCUT2D eigenvalue weighted by Gasteiger charge is -2.07. The smallest absolute Gasteiger partial charge is 0.162 e. The fourth-order valence-electron chi connectivity index (χ4n) is 1.81. The maximum absolute atomic E-state index is 11.6. The summed E-state index contributed by atoms with van der Waals surface area (Å²) in [5.41, 5.74) is 2.98. The van der Waals surface area contributed by atoms with Crippen LogP contribution in [0.1, 0.15) is 29.3 Å². The summed E-state index contributed by atoms with van der Waals surface area (Å²) in [5.74, 6) is 0.179. The van der Waals surface area contributed by atoms with E-state index in [0.717, 1.165) is 17.8 Å². The first-order valence-corrected chi connectivity index (χ1v) is 6.20. The summed E-state index contributed by atoms with van der Waals surface area (Å²) in [6.45, 7) is 2.65. The van der Waals surface area contributed by atoms with E-state index in [1.165, 1.54) is 5.56 Å². The average molecular weight is 239 g/mol. The van der Waals surface area contributed by atoms with Gasteiger partial charge in [-0.1, -0.05) is 49.4 Å². The molecule has 0 atom stereocenters. The number of rotatable bonds is 5. The molecular formula is C16H17NO. The standard InChI is InChI=1S/C16H17NO/c1-2-16(18)14-9-6-10-15(11-14)17-12-13-7-4-3-5-8-13/h3-11,17H,2,12H2,1H3. The molecule has 0 radical (unpaired) electrons. The monoisotopic (exact) mass is 239 g/mol. The second-order valence-corrected chi connectivity index (χ2v) is 4.20. The highest BCUT2D eigenvalue weighted by molar-refractivity contribution is 5.96. The molecule has 1 N–H and O–H groups in total. The largest absolute Gasteiger partial charge is 0.381 e. The molecule has 0 fully saturated rings. The van der Waals surface area contributed by atoms with E-state index < -0.39 is 0 Å². The maximum atomic E-state index is 11.6. The van der Waals surface area contributed by atoms with Crippen LogP contribution in [0.3, 0.4) is 0 Å². The normalized spacial score (nSPS) is 10.1. The van der Waals surface area contributed by atoms with Crippen molar-refractivity contribution in [3.8, 4) is 0 Å². The third-order valence-electron chi connectivity index (χ3n) is 2.85. The van der Waals surface area contributed by atoms with E-state index >= 15 is 0 Å². The van der Waals surface area contributed by atoms with Crippen LogP contribution in [0.2, 0.25) is 0 Å². The predicted molar refractivity (Wildman–Crippen MR) is 74.8 cm³/mol. The minimum atomic E-state index is 0.179. The minimum Gasteiger partial charge on any atom is -0.381 e. The molecule has 0 aliphatic heterocycles. The number of carbonyl (C=O) groups excluding carboxylic acids is 1. The number of hydrogen-bond acceptors (Lipinski definition) is 2. The van der Waals surface area contributed by atoms with Gasteiger partial charge < -0.3 is 5.32 Å². The lowest BCUT2D eigenvalue weighted by molar-refractivity contribution is 0.0988. The Labute approximate surface area is 108 Å². The Kier molecular flexibility index (Phi) is 4.13. The predicted octanol–water partition coefficient (Wildman–Crippen LogP) is 3.89. The van der Waals surface area contributed by atoms with E-state index in [2.05, 4.69) is 17.4 Å². The molecule has 2 aromatic rings. The van der Waals surface area contributed by atoms with E-state index in [1.807, 2.05) is 49.4 Å². The number of anilines is 1. The third kappa shape index (κ3) is 3.20. The molecule has 2 heteroatoms. The zero-order valence-corrected chi connectivity index (χ0v) is 10.5. The molecule has 0 saturated heterocycles. The third-order valence-corrected chi connectivity index (χ3v) is 2.85. The minimum absolute atomic E-state index is 0.179. The SMILES string of the molecule is CCC(=O)c1cccc(NCc2ccccc2)c1. The summed E-state index contributed by atoms with van der Waals surface area (Å²) in [6, 6.07) is 17.9. The molecular weight excluding hydrogens is 222 g/mol. The highest BCUT2D eigenvalue weighted by atomic mass is 16.1. The van der Waals surface area contributed by atoms with Crippen molar-refractivity contribution in [2.24, 2.45) is 0 Å². The molecule has 0 aliphatic carbocycles. The molecule has 0 aliphatic rings. The van der Waals surface area contributed by atoms with Crippen LogP contribution in [0, 0.1) is 0 Å². The molecule has 0 bridgehead atoms. The van der Waals surface area contributed by atoms with Gasteiger partial charge in [0, 0.05) is 24.2 Å². The number of carbonyl (C=O) groups is 1. The maximum Gasteiger partial charge on any atom is 0.162 e. The van der Waals surface area contributed by atoms with E-state index in [-0.39, 0.29) is 5.78 Å². The number of benzene rings is 2. The van der Waals surface area contributed by atoms with Crippen molar-refractivity contribution in [3.63, 3.8) is 0 Å². The van der Waals surface area contributed by atoms with E-state index in [9.17, 15) is 4.79 Å². The summed E-state index contributed by atoms with van der Waals surface area (Å²) in [6.07, 6.45) is 0.544. The lowest BCUT2D eigenvalue weighted by atomic mass is 10.1. The van der Waals surface area contributed by atoms with Crippen LogP contribution < -0.4 is 5.32 Å². The van der Waals surface area contributed by atoms with E-state index in [4.69, 9.17) is 0 Å². The first kappa shape index (κ1) is 12.4. The Morgan fingerprint density at radius 3 is 2.56 bits per heavy atom. The number of nitrogens with one attached hydrogen (secondary N) is 1. The van der Waals surface area contributed by atoms with Gasteiger partial charge >= 0.3 is 0 Å². The van der Waals surface area contributed by atoms with Gasteiger partial charge in [0.05, 0.1) is 0 Å². The van der Waals surface area contributed by atoms with Crippen LogP contribution in [0.5, 0.6) is 0 Å². The topological polar surface area (TPSA) is 29.1 Å². The quantitative estimate of drug-likeness (QED) is 0.802. The second kappa shape index (κ2) is 6.01. The number of Topliss-reactive ketones (excluding diaryl/α,β-unsaturated/α-hetero) is 1. The van der Waals surface area contributed by atoms with Crippen LogP contribution >= 0.6 is 0 Å². The zero-order chi connectivity index (χ0) is 12.8. The molecule has 0 aromatic heterocycles. The molecule has 0 unspecified atom stereocenters. The molecule has 0 spiro atoms. The molecule has 0 saturated carbocycles. The lowest BCUT2D eigenvalue weighted by Crippen LogP contribution is -2.01. The molecule has 0 amide bonds. The average Bonchev–Trinajstić information content (AvgIpc) is 2.45. The van der Waals surface area contributed by atoms with Crippen molar-refractivity contribution in [1.29, 1.82) is 0 Å². The summed E-state index contributed by atoms with van der Waals surface area (Å²) >= 11 is 0. The Balaban J connectivity index is 2.04. The van der Waals surface area contributed by atoms with Gasteiger partial charge in [0.25, 0.3) is 0 Å². The Bertz CT molecular complexity index is 520. The van der Waals surface area contributed by atoms with Crippen LogP contribution in [0.4, 0.5) is 5.69 Å². The first-order chi connectivity index (χ1) is 8.79. The van der Waals surface area contributed by atoms with Crippen LogP contribution in [-0.2, 0) is 6.54 Å². The van der Waals surface area contributed by atoms with Gasteiger partial charge in [-0.05, 0) is 17.7 Å². The molecule has 2 rings (SSSR count). The number of ketones is 1. The van der Waals surface area contributed by atoms with Gasteiger partial charge in [-0.25, -0.2) is 0 Å². The van der Waals surface area contributed by atoms with E-state index in [0.29, 0.717) is 6.42 Å². The Morgan fingerprint density at radius 1 is 1.06 bits per heavy atom. The molecule has 92 valence electrons. The van der Waals surface area contributed by atoms with Crippen LogP contribution in [0.15, 0.2) is 54.6 Å². The van der Waals surface area contributed by atoms with Crippen molar-refractivity contribution in [3.05, 3.63) is 65.7 Å². The first-order valence-electron chi connectivity index (χ1n) is 6.20. The van der Waals surface area contributed by atoms with Crippen molar-refractivity contribution in [1.82, 2.24) is 0 Å². The highest BCUT2D eigenvalue weighted by Crippen LogP contribution is 2.13. The van der Waals surface area contributed by atoms with Gasteiger partial charge in [-0.15, -0.1) is 0 Å². The van der Waals surface area contributed by atoms with Crippen LogP contribution in [0.25, 0.3) is 0 Å². The Morgan fingerprint density at radius 2 is 1.83 bits per heavy atom. The molecule has 2 nitrogen and oxygen atoms in total. The Hall–Kier alpha value is -2.09. The van der Waals surface area contributed by atoms with Gasteiger partial charge in [-0.2, -0.15) is 0 Å². The number of hydrogen-bond donors (Lipinski definition) is 1. The second-order valence-electron chi connectivity index (χ2n) is 4.20.